The molecular formula is C19H25N4O9P. The minimum absolute atomic E-state index is 0.0251. The molecule has 33 heavy (non-hydrogen) atoms. The van der Waals surface area contributed by atoms with Crippen molar-refractivity contribution in [3.05, 3.63) is 57.6 Å². The SMILES string of the molecule is CC(C)[C@@H](NP(=O)(OC[C@H]1O[C@@H](n2cnc(=O)[nH]c2=O)C[C@@H]1O)Oc1ccccc1)C(=O)O. The minimum atomic E-state index is -4.24. The summed E-state index contributed by atoms with van der Waals surface area (Å²) in [5.74, 6) is -1.51. The van der Waals surface area contributed by atoms with Gasteiger partial charge in [0.2, 0.25) is 0 Å². The molecule has 1 aliphatic rings. The summed E-state index contributed by atoms with van der Waals surface area (Å²) < 4.78 is 31.0. The number of aliphatic hydroxyl groups is 1. The van der Waals surface area contributed by atoms with Crippen LogP contribution in [-0.4, -0.2) is 55.6 Å². The summed E-state index contributed by atoms with van der Waals surface area (Å²) in [6.45, 7) is 2.82. The highest BCUT2D eigenvalue weighted by Crippen LogP contribution is 2.46. The third kappa shape index (κ3) is 6.36. The largest absolute Gasteiger partial charge is 0.480 e. The number of para-hydroxylation sites is 1. The van der Waals surface area contributed by atoms with Gasteiger partial charge >= 0.3 is 25.1 Å². The van der Waals surface area contributed by atoms with E-state index in [1.54, 1.807) is 32.0 Å². The molecule has 4 N–H and O–H groups in total. The normalized spacial score (nSPS) is 23.2. The first-order chi connectivity index (χ1) is 15.6. The number of nitrogens with one attached hydrogen (secondary N) is 2. The van der Waals surface area contributed by atoms with Gasteiger partial charge < -0.3 is 19.5 Å². The number of ether oxygens (including phenoxy) is 1. The number of benzene rings is 1. The quantitative estimate of drug-likeness (QED) is 0.344. The number of aliphatic hydroxyl groups excluding tert-OH is 1. The van der Waals surface area contributed by atoms with E-state index in [2.05, 4.69) is 10.1 Å². The molecule has 2 heterocycles. The molecule has 0 saturated carbocycles. The monoisotopic (exact) mass is 484 g/mol. The van der Waals surface area contributed by atoms with Crippen molar-refractivity contribution in [1.29, 1.82) is 0 Å². The number of carboxylic acids is 1. The average Bonchev–Trinajstić information content (AvgIpc) is 3.11. The molecule has 1 saturated heterocycles. The van der Waals surface area contributed by atoms with Gasteiger partial charge in [-0.1, -0.05) is 32.0 Å². The highest BCUT2D eigenvalue weighted by molar-refractivity contribution is 7.52. The number of carboxylic acid groups (broad SMARTS) is 1. The van der Waals surface area contributed by atoms with Crippen molar-refractivity contribution in [3.8, 4) is 5.75 Å². The maximum Gasteiger partial charge on any atom is 0.459 e. The molecule has 0 spiro atoms. The molecule has 1 aromatic carbocycles. The van der Waals surface area contributed by atoms with Crippen molar-refractivity contribution in [2.75, 3.05) is 6.61 Å². The van der Waals surface area contributed by atoms with Crippen LogP contribution in [0.15, 0.2) is 46.2 Å². The predicted octanol–water partition coefficient (Wildman–Crippen LogP) is 0.483. The standard InChI is InChI=1S/C19H25N4O9P/c1-11(2)16(17(25)26)22-33(29,32-12-6-4-3-5-7-12)30-9-14-13(24)8-15(31-14)23-10-20-18(27)21-19(23)28/h3-7,10-11,13-16,24H,8-9H2,1-2H3,(H,22,29)(H,25,26)(H,21,27,28)/t13-,14+,15+,16+,33?/m0/s1. The second-order valence-corrected chi connectivity index (χ2v) is 9.40. The number of hydrogen-bond acceptors (Lipinski definition) is 9. The zero-order valence-corrected chi connectivity index (χ0v) is 18.8. The third-order valence-corrected chi connectivity index (χ3v) is 6.40. The van der Waals surface area contributed by atoms with Crippen LogP contribution < -0.4 is 21.0 Å². The van der Waals surface area contributed by atoms with Crippen LogP contribution >= 0.6 is 7.75 Å². The lowest BCUT2D eigenvalue weighted by molar-refractivity contribution is -0.140. The van der Waals surface area contributed by atoms with Gasteiger partial charge in [0.15, 0.2) is 0 Å². The first-order valence-corrected chi connectivity index (χ1v) is 11.6. The lowest BCUT2D eigenvalue weighted by atomic mass is 10.1. The summed E-state index contributed by atoms with van der Waals surface area (Å²) in [6, 6.07) is 6.80. The Hall–Kier alpha value is -2.83. The van der Waals surface area contributed by atoms with Crippen molar-refractivity contribution in [3.63, 3.8) is 0 Å². The molecule has 13 nitrogen and oxygen atoms in total. The Kier molecular flexibility index (Phi) is 7.82. The fraction of sp³-hybridized carbons (Fsp3) is 0.474. The van der Waals surface area contributed by atoms with E-state index < -0.39 is 62.1 Å². The molecule has 1 fully saturated rings. The highest BCUT2D eigenvalue weighted by atomic mass is 31.2. The molecule has 3 rings (SSSR count). The van der Waals surface area contributed by atoms with Crippen molar-refractivity contribution < 1.29 is 33.4 Å². The molecule has 0 bridgehead atoms. The smallest absolute Gasteiger partial charge is 0.459 e. The number of rotatable bonds is 10. The topological polar surface area (TPSA) is 182 Å². The van der Waals surface area contributed by atoms with E-state index >= 15 is 0 Å². The summed E-state index contributed by atoms with van der Waals surface area (Å²) in [7, 11) is -4.24. The van der Waals surface area contributed by atoms with E-state index in [-0.39, 0.29) is 12.2 Å². The lowest BCUT2D eigenvalue weighted by Gasteiger charge is -2.26. The van der Waals surface area contributed by atoms with Crippen molar-refractivity contribution >= 4 is 13.7 Å². The fourth-order valence-electron chi connectivity index (χ4n) is 3.14. The Bertz CT molecular complexity index is 1120. The second kappa shape index (κ2) is 10.4. The van der Waals surface area contributed by atoms with Gasteiger partial charge in [0.25, 0.3) is 0 Å². The van der Waals surface area contributed by atoms with Crippen LogP contribution in [0, 0.1) is 5.92 Å². The van der Waals surface area contributed by atoms with Gasteiger partial charge in [-0.05, 0) is 18.1 Å². The van der Waals surface area contributed by atoms with Crippen LogP contribution in [0.2, 0.25) is 0 Å². The molecule has 0 radical (unpaired) electrons. The van der Waals surface area contributed by atoms with Gasteiger partial charge in [0, 0.05) is 6.42 Å². The summed E-state index contributed by atoms with van der Waals surface area (Å²) in [6.07, 6.45) is -2.12. The van der Waals surface area contributed by atoms with Crippen molar-refractivity contribution in [1.82, 2.24) is 19.6 Å². The summed E-state index contributed by atoms with van der Waals surface area (Å²) in [4.78, 5) is 40.2. The van der Waals surface area contributed by atoms with E-state index in [1.165, 1.54) is 12.1 Å². The van der Waals surface area contributed by atoms with Crippen LogP contribution in [-0.2, 0) is 18.6 Å². The minimum Gasteiger partial charge on any atom is -0.480 e. The zero-order chi connectivity index (χ0) is 24.2. The van der Waals surface area contributed by atoms with Gasteiger partial charge in [-0.15, -0.1) is 0 Å². The molecular weight excluding hydrogens is 459 g/mol. The Labute approximate surface area is 187 Å². The first kappa shape index (κ1) is 24.8. The van der Waals surface area contributed by atoms with Gasteiger partial charge in [0.05, 0.1) is 12.7 Å². The van der Waals surface area contributed by atoms with E-state index in [0.717, 1.165) is 10.9 Å². The maximum atomic E-state index is 13.4. The second-order valence-electron chi connectivity index (χ2n) is 7.71. The Balaban J connectivity index is 1.75. The average molecular weight is 484 g/mol. The number of aromatic amines is 1. The number of aromatic nitrogens is 3. The number of carbonyl (C=O) groups is 1. The molecule has 1 aromatic heterocycles. The van der Waals surface area contributed by atoms with Gasteiger partial charge in [-0.3, -0.25) is 18.9 Å². The van der Waals surface area contributed by atoms with Crippen LogP contribution in [0.1, 0.15) is 26.5 Å². The summed E-state index contributed by atoms with van der Waals surface area (Å²) >= 11 is 0. The van der Waals surface area contributed by atoms with Gasteiger partial charge in [0.1, 0.15) is 30.5 Å². The zero-order valence-electron chi connectivity index (χ0n) is 17.9. The molecule has 2 aromatic rings. The maximum absolute atomic E-state index is 13.4. The molecule has 5 atom stereocenters. The van der Waals surface area contributed by atoms with Gasteiger partial charge in [-0.25, -0.2) is 14.2 Å². The van der Waals surface area contributed by atoms with Crippen LogP contribution in [0.3, 0.4) is 0 Å². The molecule has 0 amide bonds. The van der Waals surface area contributed by atoms with Crippen molar-refractivity contribution in [2.24, 2.45) is 5.92 Å². The van der Waals surface area contributed by atoms with E-state index in [4.69, 9.17) is 13.8 Å². The molecule has 1 aliphatic heterocycles. The molecule has 0 aliphatic carbocycles. The Morgan fingerprint density at radius 1 is 1.36 bits per heavy atom. The number of H-pyrrole nitrogens is 1. The number of nitrogens with zero attached hydrogens (tertiary/aromatic N) is 2. The summed E-state index contributed by atoms with van der Waals surface area (Å²) in [5.41, 5.74) is -1.59. The molecule has 14 heteroatoms. The lowest BCUT2D eigenvalue weighted by Crippen LogP contribution is -2.41. The predicted molar refractivity (Wildman–Crippen MR) is 114 cm³/mol. The van der Waals surface area contributed by atoms with Crippen LogP contribution in [0.25, 0.3) is 0 Å². The number of aliphatic carboxylic acids is 1. The summed E-state index contributed by atoms with van der Waals surface area (Å²) in [5, 5.41) is 22.3. The van der Waals surface area contributed by atoms with Crippen molar-refractivity contribution in [2.45, 2.75) is 44.7 Å². The fourth-order valence-corrected chi connectivity index (χ4v) is 4.81. The Morgan fingerprint density at radius 3 is 2.67 bits per heavy atom. The van der Waals surface area contributed by atoms with Gasteiger partial charge in [-0.2, -0.15) is 10.1 Å². The first-order valence-electron chi connectivity index (χ1n) is 10.1. The van der Waals surface area contributed by atoms with Crippen LogP contribution in [0.4, 0.5) is 0 Å². The van der Waals surface area contributed by atoms with E-state index in [1.807, 2.05) is 4.98 Å². The number of hydrogen-bond donors (Lipinski definition) is 4. The highest BCUT2D eigenvalue weighted by Gasteiger charge is 2.40. The van der Waals surface area contributed by atoms with E-state index in [0.29, 0.717) is 0 Å². The van der Waals surface area contributed by atoms with E-state index in [9.17, 15) is 29.2 Å². The molecule has 1 unspecified atom stereocenters. The van der Waals surface area contributed by atoms with Crippen LogP contribution in [0.5, 0.6) is 5.75 Å². The third-order valence-electron chi connectivity index (χ3n) is 4.87. The molecule has 180 valence electrons. The Morgan fingerprint density at radius 2 is 2.06 bits per heavy atom.